The molecule has 36 heteroatoms. The number of aliphatic hydroxyl groups is 5. The molecule has 1 aromatic rings. The van der Waals surface area contributed by atoms with E-state index in [4.69, 9.17) is 43.6 Å². The number of hydrogen-bond donors (Lipinski definition) is 12. The lowest BCUT2D eigenvalue weighted by molar-refractivity contribution is -0.254. The van der Waals surface area contributed by atoms with Crippen molar-refractivity contribution in [1.82, 2.24) is 51.8 Å². The molecule has 110 heavy (non-hydrogen) atoms. The molecule has 2 saturated heterocycles. The van der Waals surface area contributed by atoms with Crippen LogP contribution in [0, 0.1) is 28.6 Å². The van der Waals surface area contributed by atoms with Crippen LogP contribution >= 0.6 is 0 Å². The molecule has 3 aliphatic heterocycles. The molecule has 9 amide bonds. The van der Waals surface area contributed by atoms with Crippen LogP contribution in [0.25, 0.3) is 0 Å². The first kappa shape index (κ1) is 86.8. The van der Waals surface area contributed by atoms with E-state index in [0.29, 0.717) is 56.3 Å². The fraction of sp³-hybridized carbons (Fsp3) is 0.757. The second kappa shape index (κ2) is 39.5. The highest BCUT2D eigenvalue weighted by molar-refractivity contribution is 6.13. The van der Waals surface area contributed by atoms with E-state index < -0.39 is 198 Å². The number of ether oxygens (including phenoxy) is 8. The summed E-state index contributed by atoms with van der Waals surface area (Å²) in [6, 6.07) is -4.84. The molecule has 5 aliphatic carbocycles. The Morgan fingerprint density at radius 2 is 1.42 bits per heavy atom. The van der Waals surface area contributed by atoms with Crippen LogP contribution in [0.2, 0.25) is 0 Å². The fourth-order valence-electron chi connectivity index (χ4n) is 16.9. The number of amides is 9. The van der Waals surface area contributed by atoms with Crippen molar-refractivity contribution in [3.63, 3.8) is 0 Å². The summed E-state index contributed by atoms with van der Waals surface area (Å²) >= 11 is 0. The summed E-state index contributed by atoms with van der Waals surface area (Å²) < 4.78 is 83.2. The van der Waals surface area contributed by atoms with Crippen LogP contribution in [0.3, 0.4) is 0 Å². The van der Waals surface area contributed by atoms with Crippen LogP contribution in [0.1, 0.15) is 161 Å². The Labute approximate surface area is 637 Å². The van der Waals surface area contributed by atoms with Gasteiger partial charge < -0.3 is 101 Å². The number of unbranched alkanes of at least 4 members (excludes halogenated alkanes) is 2. The minimum Gasteiger partial charge on any atom is -0.394 e. The summed E-state index contributed by atoms with van der Waals surface area (Å²) in [6.07, 6.45) is -2.94. The summed E-state index contributed by atoms with van der Waals surface area (Å²) in [6.45, 7) is 8.21. The number of primary amides is 1. The molecule has 19 atom stereocenters. The number of aliphatic hydroxyl groups excluding tert-OH is 5. The van der Waals surface area contributed by atoms with Crippen LogP contribution in [0.5, 0.6) is 0 Å². The number of nitrogens with one attached hydrogen (secondary N) is 6. The van der Waals surface area contributed by atoms with Gasteiger partial charge in [-0.05, 0) is 107 Å². The van der Waals surface area contributed by atoms with Crippen molar-refractivity contribution in [3.8, 4) is 0 Å². The van der Waals surface area contributed by atoms with Crippen molar-refractivity contribution < 1.29 is 120 Å². The van der Waals surface area contributed by atoms with Crippen molar-refractivity contribution in [2.24, 2.45) is 34.3 Å². The third-order valence-corrected chi connectivity index (χ3v) is 22.8. The number of nitrogens with zero attached hydrogens (tertiary/aromatic N) is 4. The molecule has 5 fully saturated rings. The first-order valence-corrected chi connectivity index (χ1v) is 38.6. The number of nitrogens with two attached hydrogens (primary N) is 1. The topological polar surface area (TPSA) is 478 Å². The number of imide groups is 1. The van der Waals surface area contributed by atoms with Crippen molar-refractivity contribution in [3.05, 3.63) is 47.3 Å². The number of aromatic nitrogens is 3. The number of rotatable bonds is 42. The van der Waals surface area contributed by atoms with Crippen molar-refractivity contribution in [2.75, 3.05) is 92.2 Å². The zero-order valence-electron chi connectivity index (χ0n) is 63.3. The first-order chi connectivity index (χ1) is 52.5. The highest BCUT2D eigenvalue weighted by Gasteiger charge is 2.80. The zero-order valence-corrected chi connectivity index (χ0v) is 63.3. The quantitative estimate of drug-likeness (QED) is 0.0301. The van der Waals surface area contributed by atoms with E-state index in [-0.39, 0.29) is 123 Å². The second-order valence-corrected chi connectivity index (χ2v) is 30.3. The molecule has 9 rings (SSSR count). The smallest absolute Gasteiger partial charge is 0.312 e. The Morgan fingerprint density at radius 1 is 0.745 bits per heavy atom. The fourth-order valence-corrected chi connectivity index (χ4v) is 16.9. The highest BCUT2D eigenvalue weighted by atomic mass is 19.1. The van der Waals surface area contributed by atoms with E-state index in [1.165, 1.54) is 35.9 Å². The molecule has 3 unspecified atom stereocenters. The predicted octanol–water partition coefficient (Wildman–Crippen LogP) is -0.0639. The lowest BCUT2D eigenvalue weighted by Crippen LogP contribution is -2.71. The average Bonchev–Trinajstić information content (AvgIpc) is 1.45. The molecule has 34 nitrogen and oxygen atoms in total. The largest absolute Gasteiger partial charge is 0.394 e. The van der Waals surface area contributed by atoms with E-state index >= 15 is 13.6 Å². The Balaban J connectivity index is 0.805. The monoisotopic (exact) mass is 1560 g/mol. The molecule has 1 aromatic heterocycles. The lowest BCUT2D eigenvalue weighted by Gasteiger charge is -2.63. The zero-order chi connectivity index (χ0) is 79.7. The summed E-state index contributed by atoms with van der Waals surface area (Å²) in [7, 11) is 0. The van der Waals surface area contributed by atoms with Crippen LogP contribution < -0.4 is 37.6 Å². The number of carbonyl (C=O) groups is 10. The van der Waals surface area contributed by atoms with Crippen LogP contribution in [0.15, 0.2) is 36.0 Å². The van der Waals surface area contributed by atoms with Gasteiger partial charge in [0.2, 0.25) is 29.5 Å². The molecule has 13 N–H and O–H groups in total. The Morgan fingerprint density at radius 3 is 2.10 bits per heavy atom. The average molecular weight is 1560 g/mol. The van der Waals surface area contributed by atoms with Gasteiger partial charge in [-0.3, -0.25) is 48.1 Å². The van der Waals surface area contributed by atoms with Crippen LogP contribution in [-0.2, 0) is 87.5 Å². The van der Waals surface area contributed by atoms with E-state index in [1.54, 1.807) is 20.8 Å². The Bertz CT molecular complexity index is 3480. The Kier molecular flexibility index (Phi) is 31.2. The summed E-state index contributed by atoms with van der Waals surface area (Å²) in [4.78, 5) is 135. The molecule has 0 aromatic carbocycles. The van der Waals surface area contributed by atoms with Crippen molar-refractivity contribution >= 4 is 58.9 Å². The lowest BCUT2D eigenvalue weighted by atomic mass is 9.44. The maximum absolute atomic E-state index is 18.2. The number of allylic oxidation sites excluding steroid dienone is 4. The van der Waals surface area contributed by atoms with Gasteiger partial charge in [-0.15, -0.1) is 5.10 Å². The number of Topliss-reactive ketones (excluding diaryl/α,β-unsaturated/α-hetero) is 1. The number of alkyl halides is 2. The van der Waals surface area contributed by atoms with E-state index in [0.717, 1.165) is 30.2 Å². The van der Waals surface area contributed by atoms with Gasteiger partial charge in [0.05, 0.1) is 90.5 Å². The molecule has 614 valence electrons. The molecule has 8 aliphatic rings. The van der Waals surface area contributed by atoms with E-state index in [9.17, 15) is 68.7 Å². The van der Waals surface area contributed by atoms with Crippen molar-refractivity contribution in [2.45, 2.75) is 235 Å². The van der Waals surface area contributed by atoms with Gasteiger partial charge in [-0.25, -0.2) is 18.3 Å². The molecule has 0 bridgehead atoms. The van der Waals surface area contributed by atoms with E-state index in [2.05, 4.69) is 42.2 Å². The molecular formula is C74H111F2N11O23. The second-order valence-electron chi connectivity index (χ2n) is 30.3. The maximum atomic E-state index is 18.2. The SMILES string of the molecule is CCCC1O[C@@H]2C[C@H]3[C@@H]4C[C@H](F)C5=CC(=O)C=C[C@]5(C)[C@@]4(F)[C@@H](O)C[C@]3(C)[C@]2(C(=O)CNC(=O)[C@H](CCCNC(N)=O)NC(=O)[C@@H](NC(=O)[C@@H](CCCCCNC(=O)COC2CCCCCc3c2nnn3C2O[C@H](CO)[C@H](O)[C@H](O)[C@H]2O)NC(=O)CCOCCOCCOCCOCCN2C(=O)C=CC2=O)C(C)C)O1. The minimum absolute atomic E-state index is 0.0335. The van der Waals surface area contributed by atoms with Crippen LogP contribution in [0.4, 0.5) is 13.6 Å². The van der Waals surface area contributed by atoms with Gasteiger partial charge in [0.25, 0.3) is 11.8 Å². The highest BCUT2D eigenvalue weighted by Crippen LogP contribution is 2.72. The number of hydrogen-bond acceptors (Lipinski definition) is 25. The maximum Gasteiger partial charge on any atom is 0.312 e. The van der Waals surface area contributed by atoms with Gasteiger partial charge in [0, 0.05) is 48.4 Å². The van der Waals surface area contributed by atoms with Gasteiger partial charge in [-0.2, -0.15) is 0 Å². The summed E-state index contributed by atoms with van der Waals surface area (Å²) in [5.74, 6) is -8.03. The third kappa shape index (κ3) is 19.9. The predicted molar refractivity (Wildman–Crippen MR) is 382 cm³/mol. The van der Waals surface area contributed by atoms with Gasteiger partial charge >= 0.3 is 6.03 Å². The Hall–Kier alpha value is -7.20. The number of fused-ring (bicyclic) bond motifs is 8. The number of urea groups is 1. The van der Waals surface area contributed by atoms with Gasteiger partial charge in [0.1, 0.15) is 67.1 Å². The molecule has 4 heterocycles. The normalized spacial score (nSPS) is 31.0. The summed E-state index contributed by atoms with van der Waals surface area (Å²) in [5.41, 5.74) is -1.20. The molecule has 3 saturated carbocycles. The van der Waals surface area contributed by atoms with Gasteiger partial charge in [-0.1, -0.05) is 71.1 Å². The van der Waals surface area contributed by atoms with Crippen LogP contribution in [-0.4, -0.2) is 275 Å². The van der Waals surface area contributed by atoms with E-state index in [1.807, 2.05) is 6.92 Å². The first-order valence-electron chi connectivity index (χ1n) is 38.6. The molecule has 0 spiro atoms. The standard InChI is InChI=1S/C74H111F2N11O23/c1-6-14-60-109-55-37-44-45-36-47(75)46-35-43(89)21-23-71(46,4)73(45,76)53(90)38-72(44,5)74(55,110-60)54(91)39-80-66(99)48(16-13-25-79-70(77)102)82-68(101)61(42(2)3)83-67(100)49(81-56(92)22-27-103-29-31-105-33-34-106-32-30-104-28-26-86-58(94)19-20-59(86)95)15-9-8-12-24-78-57(93)41-107-51-18-11-7-10-17-50-62(51)84-85-87(50)69-65(98)64(97)63(96)52(40-88)108-69/h19-21,23,35,42,44-45,47-49,51-53,55,60-61,63-65,69,88,90,96-98H,6-18,22,24-34,36-41H2,1-5H3,(H,78,93)(H,80,99)(H,81,92)(H,82,101)(H,83,100)(H3,77,79,102)/t44-,45-,47-,48-,49+,51?,52+,53-,55+,60?,61-,63-,64-,65+,69?,71-,72-,73-,74+/m0/s1. The number of ketones is 2. The minimum atomic E-state index is -2.47. The molecule has 0 radical (unpaired) electrons. The van der Waals surface area contributed by atoms with Gasteiger partial charge in [0.15, 0.2) is 35.4 Å². The number of carbonyl (C=O) groups excluding carboxylic acids is 10. The number of halogens is 2. The molecular weight excluding hydrogens is 1450 g/mol. The third-order valence-electron chi connectivity index (χ3n) is 22.8. The van der Waals surface area contributed by atoms with Crippen molar-refractivity contribution in [1.29, 1.82) is 0 Å². The summed E-state index contributed by atoms with van der Waals surface area (Å²) in [5, 5.41) is 78.5.